The number of carbonyl (C=O) groups excluding carboxylic acids is 1. The number of pyridine rings is 3. The SMILES string of the molecule is Cc1nc2c(Oc3ccc(CC(=O)c4cn(C(C)C)c(C)c(-c5ccc(F)cc5)c4=O)cc3)ccnc2cc1-c1cnn(C(F)F)c1. The summed E-state index contributed by atoms with van der Waals surface area (Å²) in [6, 6.07) is 16.1. The predicted molar refractivity (Wildman–Crippen MR) is 173 cm³/mol. The Hall–Kier alpha value is -5.58. The van der Waals surface area contributed by atoms with E-state index in [1.54, 1.807) is 67.8 Å². The van der Waals surface area contributed by atoms with Gasteiger partial charge < -0.3 is 9.30 Å². The van der Waals surface area contributed by atoms with Crippen LogP contribution in [0.3, 0.4) is 0 Å². The third-order valence-corrected chi connectivity index (χ3v) is 7.97. The summed E-state index contributed by atoms with van der Waals surface area (Å²) in [6.45, 7) is 4.77. The van der Waals surface area contributed by atoms with Crippen LogP contribution in [-0.2, 0) is 6.42 Å². The number of hydrogen-bond acceptors (Lipinski definition) is 6. The van der Waals surface area contributed by atoms with Gasteiger partial charge in [0.15, 0.2) is 17.0 Å². The molecule has 0 amide bonds. The maximum atomic E-state index is 13.6. The van der Waals surface area contributed by atoms with E-state index in [0.717, 1.165) is 0 Å². The van der Waals surface area contributed by atoms with Gasteiger partial charge in [0.05, 0.1) is 17.3 Å². The highest BCUT2D eigenvalue weighted by Crippen LogP contribution is 2.32. The van der Waals surface area contributed by atoms with Crippen LogP contribution in [0.15, 0.2) is 90.2 Å². The number of nitrogens with zero attached hydrogens (tertiary/aromatic N) is 5. The van der Waals surface area contributed by atoms with Crippen LogP contribution in [0.2, 0.25) is 0 Å². The third kappa shape index (κ3) is 6.29. The van der Waals surface area contributed by atoms with E-state index in [1.807, 2.05) is 25.3 Å². The van der Waals surface area contributed by atoms with Crippen molar-refractivity contribution in [3.8, 4) is 33.8 Å². The Morgan fingerprint density at radius 1 is 0.957 bits per heavy atom. The summed E-state index contributed by atoms with van der Waals surface area (Å²) in [6.07, 6.45) is 5.78. The van der Waals surface area contributed by atoms with E-state index in [4.69, 9.17) is 4.74 Å². The molecule has 4 aromatic heterocycles. The van der Waals surface area contributed by atoms with Gasteiger partial charge in [-0.15, -0.1) is 0 Å². The molecule has 6 aromatic rings. The van der Waals surface area contributed by atoms with Gasteiger partial charge in [0.1, 0.15) is 17.1 Å². The largest absolute Gasteiger partial charge is 0.455 e. The third-order valence-electron chi connectivity index (χ3n) is 7.97. The minimum atomic E-state index is -2.75. The molecule has 0 atom stereocenters. The zero-order valence-corrected chi connectivity index (χ0v) is 26.0. The first-order chi connectivity index (χ1) is 22.5. The maximum Gasteiger partial charge on any atom is 0.333 e. The number of benzene rings is 2. The van der Waals surface area contributed by atoms with Crippen molar-refractivity contribution in [1.82, 2.24) is 24.3 Å². The highest BCUT2D eigenvalue weighted by molar-refractivity contribution is 5.98. The minimum absolute atomic E-state index is 0.0105. The number of rotatable bonds is 9. The van der Waals surface area contributed by atoms with E-state index in [1.165, 1.54) is 24.5 Å². The molecule has 2 aromatic carbocycles. The van der Waals surface area contributed by atoms with Gasteiger partial charge in [0, 0.05) is 65.2 Å². The van der Waals surface area contributed by atoms with Crippen molar-refractivity contribution in [2.45, 2.75) is 46.7 Å². The Morgan fingerprint density at radius 2 is 1.68 bits per heavy atom. The first kappa shape index (κ1) is 31.4. The summed E-state index contributed by atoms with van der Waals surface area (Å²) < 4.78 is 48.3. The van der Waals surface area contributed by atoms with Crippen molar-refractivity contribution < 1.29 is 22.7 Å². The van der Waals surface area contributed by atoms with E-state index in [9.17, 15) is 22.8 Å². The number of hydrogen-bond donors (Lipinski definition) is 0. The average molecular weight is 638 g/mol. The van der Waals surface area contributed by atoms with Crippen LogP contribution in [0, 0.1) is 19.7 Å². The zero-order valence-electron chi connectivity index (χ0n) is 26.0. The lowest BCUT2D eigenvalue weighted by Crippen LogP contribution is -2.24. The molecule has 4 heterocycles. The molecule has 8 nitrogen and oxygen atoms in total. The van der Waals surface area contributed by atoms with Gasteiger partial charge in [-0.3, -0.25) is 14.6 Å². The van der Waals surface area contributed by atoms with Gasteiger partial charge in [-0.25, -0.2) is 14.1 Å². The van der Waals surface area contributed by atoms with Gasteiger partial charge in [-0.1, -0.05) is 24.3 Å². The van der Waals surface area contributed by atoms with Gasteiger partial charge in [-0.2, -0.15) is 13.9 Å². The van der Waals surface area contributed by atoms with E-state index < -0.39 is 17.8 Å². The zero-order chi connectivity index (χ0) is 33.4. The number of alkyl halides is 2. The van der Waals surface area contributed by atoms with Crippen LogP contribution >= 0.6 is 0 Å². The molecule has 0 radical (unpaired) electrons. The molecule has 0 spiro atoms. The number of ether oxygens (including phenoxy) is 1. The minimum Gasteiger partial charge on any atom is -0.455 e. The highest BCUT2D eigenvalue weighted by atomic mass is 19.3. The lowest BCUT2D eigenvalue weighted by molar-refractivity contribution is 0.0566. The van der Waals surface area contributed by atoms with Gasteiger partial charge in [-0.05, 0) is 69.2 Å². The first-order valence-corrected chi connectivity index (χ1v) is 14.9. The maximum absolute atomic E-state index is 13.6. The summed E-state index contributed by atoms with van der Waals surface area (Å²) in [5, 5.41) is 3.71. The predicted octanol–water partition coefficient (Wildman–Crippen LogP) is 8.27. The van der Waals surface area contributed by atoms with Crippen LogP contribution in [0.4, 0.5) is 13.2 Å². The van der Waals surface area contributed by atoms with Crippen molar-refractivity contribution in [2.24, 2.45) is 0 Å². The molecule has 47 heavy (non-hydrogen) atoms. The van der Waals surface area contributed by atoms with E-state index in [-0.39, 0.29) is 23.8 Å². The molecule has 238 valence electrons. The monoisotopic (exact) mass is 637 g/mol. The molecular weight excluding hydrogens is 607 g/mol. The molecule has 0 aliphatic heterocycles. The normalized spacial score (nSPS) is 11.5. The Bertz CT molecular complexity index is 2170. The fourth-order valence-electron chi connectivity index (χ4n) is 5.59. The summed E-state index contributed by atoms with van der Waals surface area (Å²) >= 11 is 0. The molecule has 0 aliphatic carbocycles. The number of Topliss-reactive ketones (excluding diaryl/α,β-unsaturated/α-hetero) is 1. The van der Waals surface area contributed by atoms with Crippen LogP contribution in [0.5, 0.6) is 11.5 Å². The van der Waals surface area contributed by atoms with E-state index in [2.05, 4.69) is 15.1 Å². The molecular formula is C36H30F3N5O3. The summed E-state index contributed by atoms with van der Waals surface area (Å²) in [4.78, 5) is 36.2. The molecule has 0 N–H and O–H groups in total. The smallest absolute Gasteiger partial charge is 0.333 e. The van der Waals surface area contributed by atoms with Gasteiger partial charge in [0.25, 0.3) is 0 Å². The second-order valence-corrected chi connectivity index (χ2v) is 11.5. The lowest BCUT2D eigenvalue weighted by Gasteiger charge is -2.20. The van der Waals surface area contributed by atoms with Crippen LogP contribution in [0.25, 0.3) is 33.3 Å². The Kier molecular flexibility index (Phi) is 8.46. The van der Waals surface area contributed by atoms with Crippen molar-refractivity contribution in [2.75, 3.05) is 0 Å². The standard InChI is InChI=1S/C36H30F3N5O3/c1-20(2)43-19-29(35(46)33(22(43)4)24-7-9-26(37)10-8-24)31(45)15-23-5-11-27(12-6-23)47-32-13-14-40-30-16-28(21(3)42-34(30)32)25-17-41-44(18-25)36(38)39/h5-14,16-20,36H,15H2,1-4H3. The van der Waals surface area contributed by atoms with Gasteiger partial charge >= 0.3 is 6.55 Å². The molecule has 0 aliphatic rings. The molecule has 0 saturated carbocycles. The molecule has 11 heteroatoms. The van der Waals surface area contributed by atoms with E-state index >= 15 is 0 Å². The second-order valence-electron chi connectivity index (χ2n) is 11.5. The topological polar surface area (TPSA) is 91.9 Å². The number of aromatic nitrogens is 5. The summed E-state index contributed by atoms with van der Waals surface area (Å²) in [5.74, 6) is 0.188. The van der Waals surface area contributed by atoms with Crippen molar-refractivity contribution in [3.05, 3.63) is 124 Å². The first-order valence-electron chi connectivity index (χ1n) is 14.9. The fraction of sp³-hybridized carbons (Fsp3) is 0.194. The molecule has 0 fully saturated rings. The van der Waals surface area contributed by atoms with Crippen LogP contribution in [0.1, 0.15) is 53.7 Å². The molecule has 0 saturated heterocycles. The van der Waals surface area contributed by atoms with Crippen LogP contribution in [-0.4, -0.2) is 30.1 Å². The molecule has 6 rings (SSSR count). The van der Waals surface area contributed by atoms with Crippen molar-refractivity contribution in [3.63, 3.8) is 0 Å². The van der Waals surface area contributed by atoms with Crippen molar-refractivity contribution in [1.29, 1.82) is 0 Å². The Labute approximate surface area is 268 Å². The highest BCUT2D eigenvalue weighted by Gasteiger charge is 2.21. The summed E-state index contributed by atoms with van der Waals surface area (Å²) in [5.41, 5.74) is 4.69. The fourth-order valence-corrected chi connectivity index (χ4v) is 5.59. The van der Waals surface area contributed by atoms with Gasteiger partial charge in [0.2, 0.25) is 0 Å². The quantitative estimate of drug-likeness (QED) is 0.148. The van der Waals surface area contributed by atoms with Crippen LogP contribution < -0.4 is 10.2 Å². The lowest BCUT2D eigenvalue weighted by atomic mass is 9.97. The second kappa shape index (κ2) is 12.7. The Morgan fingerprint density at radius 3 is 2.34 bits per heavy atom. The molecule has 0 bridgehead atoms. The Balaban J connectivity index is 1.24. The number of aryl methyl sites for hydroxylation is 1. The summed E-state index contributed by atoms with van der Waals surface area (Å²) in [7, 11) is 0. The number of ketones is 1. The number of fused-ring (bicyclic) bond motifs is 1. The van der Waals surface area contributed by atoms with E-state index in [0.29, 0.717) is 66.4 Å². The molecule has 0 unspecified atom stereocenters. The average Bonchev–Trinajstić information content (AvgIpc) is 3.53. The number of carbonyl (C=O) groups is 1. The van der Waals surface area contributed by atoms with Crippen molar-refractivity contribution >= 4 is 16.8 Å². The number of halogens is 3.